The summed E-state index contributed by atoms with van der Waals surface area (Å²) in [4.78, 5) is 28.5. The Morgan fingerprint density at radius 3 is 2.58 bits per heavy atom. The highest BCUT2D eigenvalue weighted by molar-refractivity contribution is 6.30. The Kier molecular flexibility index (Phi) is 5.38. The van der Waals surface area contributed by atoms with E-state index in [9.17, 15) is 9.59 Å². The van der Waals surface area contributed by atoms with Gasteiger partial charge in [0, 0.05) is 29.9 Å². The van der Waals surface area contributed by atoms with Gasteiger partial charge in [0.05, 0.1) is 23.7 Å². The molecule has 0 aliphatic carbocycles. The summed E-state index contributed by atoms with van der Waals surface area (Å²) in [5, 5.41) is 16.0. The van der Waals surface area contributed by atoms with Crippen molar-refractivity contribution in [3.63, 3.8) is 0 Å². The molecule has 0 radical (unpaired) electrons. The van der Waals surface area contributed by atoms with E-state index in [1.807, 2.05) is 43.3 Å². The zero-order chi connectivity index (χ0) is 23.1. The van der Waals surface area contributed by atoms with Crippen molar-refractivity contribution in [2.24, 2.45) is 5.10 Å². The van der Waals surface area contributed by atoms with Crippen LogP contribution >= 0.6 is 11.6 Å². The molecule has 0 fully saturated rings. The zero-order valence-electron chi connectivity index (χ0n) is 17.7. The average Bonchev–Trinajstić information content (AvgIpc) is 3.43. The van der Waals surface area contributed by atoms with E-state index in [0.717, 1.165) is 22.2 Å². The molecule has 1 amide bonds. The quantitative estimate of drug-likeness (QED) is 0.558. The Bertz CT molecular complexity index is 1310. The number of hydrazone groups is 1. The van der Waals surface area contributed by atoms with Crippen LogP contribution in [-0.4, -0.2) is 39.5 Å². The van der Waals surface area contributed by atoms with Crippen LogP contribution in [0.3, 0.4) is 0 Å². The molecule has 1 aromatic heterocycles. The number of nitrogens with zero attached hydrogens (tertiary/aromatic N) is 3. The maximum Gasteiger partial charge on any atom is 0.303 e. The van der Waals surface area contributed by atoms with E-state index >= 15 is 0 Å². The van der Waals surface area contributed by atoms with Gasteiger partial charge in [-0.3, -0.25) is 9.59 Å². The molecule has 0 saturated carbocycles. The number of hydrogen-bond acceptors (Lipinski definition) is 6. The highest BCUT2D eigenvalue weighted by atomic mass is 35.5. The number of halogens is 1. The molecule has 1 atom stereocenters. The summed E-state index contributed by atoms with van der Waals surface area (Å²) in [5.74, 6) is -0.195. The summed E-state index contributed by atoms with van der Waals surface area (Å²) < 4.78 is 10.9. The number of carbonyl (C=O) groups excluding carboxylic acids is 1. The molecule has 1 unspecified atom stereocenters. The van der Waals surface area contributed by atoms with Gasteiger partial charge in [0.25, 0.3) is 0 Å². The molecule has 8 nitrogen and oxygen atoms in total. The van der Waals surface area contributed by atoms with Gasteiger partial charge in [0.2, 0.25) is 12.7 Å². The van der Waals surface area contributed by atoms with E-state index in [-0.39, 0.29) is 30.7 Å². The van der Waals surface area contributed by atoms with Crippen molar-refractivity contribution >= 4 is 40.1 Å². The van der Waals surface area contributed by atoms with E-state index in [2.05, 4.69) is 10.1 Å². The summed E-state index contributed by atoms with van der Waals surface area (Å²) in [6.07, 6.45) is -0.00221. The topological polar surface area (TPSA) is 101 Å². The maximum atomic E-state index is 12.9. The Labute approximate surface area is 194 Å². The van der Waals surface area contributed by atoms with Crippen LogP contribution in [0.4, 0.5) is 0 Å². The monoisotopic (exact) mass is 465 g/mol. The number of carboxylic acids is 1. The van der Waals surface area contributed by atoms with Crippen molar-refractivity contribution in [3.8, 4) is 11.5 Å². The highest BCUT2D eigenvalue weighted by Crippen LogP contribution is 2.40. The molecule has 33 heavy (non-hydrogen) atoms. The Morgan fingerprint density at radius 2 is 1.85 bits per heavy atom. The number of benzene rings is 2. The van der Waals surface area contributed by atoms with Crippen LogP contribution in [-0.2, 0) is 9.59 Å². The van der Waals surface area contributed by atoms with Crippen LogP contribution in [0.1, 0.15) is 42.0 Å². The second-order valence-corrected chi connectivity index (χ2v) is 8.39. The second kappa shape index (κ2) is 8.37. The number of pyridine rings is 1. The number of aryl methyl sites for hydroxylation is 1. The first kappa shape index (κ1) is 21.2. The van der Waals surface area contributed by atoms with Crippen LogP contribution in [0.2, 0.25) is 5.15 Å². The predicted octanol–water partition coefficient (Wildman–Crippen LogP) is 4.47. The third-order valence-electron chi connectivity index (χ3n) is 5.75. The number of carbonyl (C=O) groups is 2. The summed E-state index contributed by atoms with van der Waals surface area (Å²) in [5.41, 5.74) is 4.02. The fraction of sp³-hybridized carbons (Fsp3) is 0.250. The van der Waals surface area contributed by atoms with Gasteiger partial charge < -0.3 is 14.6 Å². The number of ether oxygens (including phenoxy) is 2. The normalized spacial score (nSPS) is 16.8. The van der Waals surface area contributed by atoms with Crippen molar-refractivity contribution in [3.05, 3.63) is 64.3 Å². The lowest BCUT2D eigenvalue weighted by atomic mass is 9.97. The van der Waals surface area contributed by atoms with Crippen LogP contribution in [0.25, 0.3) is 10.9 Å². The van der Waals surface area contributed by atoms with E-state index in [1.165, 1.54) is 5.01 Å². The molecule has 3 aromatic rings. The van der Waals surface area contributed by atoms with Gasteiger partial charge in [-0.2, -0.15) is 5.10 Å². The lowest BCUT2D eigenvalue weighted by molar-refractivity contribution is -0.141. The predicted molar refractivity (Wildman–Crippen MR) is 122 cm³/mol. The summed E-state index contributed by atoms with van der Waals surface area (Å²) in [6.45, 7) is 2.14. The first-order valence-corrected chi connectivity index (χ1v) is 10.8. The number of hydrogen-bond donors (Lipinski definition) is 1. The molecule has 0 spiro atoms. The van der Waals surface area contributed by atoms with E-state index in [0.29, 0.717) is 29.0 Å². The Balaban J connectivity index is 1.54. The van der Waals surface area contributed by atoms with Crippen LogP contribution in [0.5, 0.6) is 11.5 Å². The fourth-order valence-electron chi connectivity index (χ4n) is 4.02. The molecular weight excluding hydrogens is 446 g/mol. The number of aromatic nitrogens is 1. The van der Waals surface area contributed by atoms with Gasteiger partial charge in [-0.05, 0) is 24.6 Å². The minimum Gasteiger partial charge on any atom is -0.481 e. The molecule has 3 heterocycles. The van der Waals surface area contributed by atoms with Gasteiger partial charge in [-0.1, -0.05) is 41.4 Å². The third-order valence-corrected chi connectivity index (χ3v) is 6.05. The molecule has 1 N–H and O–H groups in total. The molecule has 9 heteroatoms. The first-order valence-electron chi connectivity index (χ1n) is 10.5. The van der Waals surface area contributed by atoms with Gasteiger partial charge in [-0.15, -0.1) is 0 Å². The number of rotatable bonds is 5. The number of carboxylic acid groups (broad SMARTS) is 1. The van der Waals surface area contributed by atoms with Crippen LogP contribution < -0.4 is 9.47 Å². The molecular formula is C24H20ClN3O5. The SMILES string of the molecule is Cc1ccc(C2=NN(C(=O)CCC(=O)O)C(c3cc4cc5c(cc4nc3Cl)OCO5)C2)cc1. The zero-order valence-corrected chi connectivity index (χ0v) is 18.5. The van der Waals surface area contributed by atoms with Crippen molar-refractivity contribution in [2.45, 2.75) is 32.2 Å². The molecule has 5 rings (SSSR count). The standard InChI is InChI=1S/C24H20ClN3O5/c1-13-2-4-14(5-3-13)18-10-19(28(27-18)22(29)6-7-23(30)31)16-8-15-9-20-21(33-12-32-20)11-17(15)26-24(16)25/h2-5,8-9,11,19H,6-7,10,12H2,1H3,(H,30,31). The van der Waals surface area contributed by atoms with Gasteiger partial charge in [0.1, 0.15) is 5.15 Å². The minimum atomic E-state index is -1.04. The Morgan fingerprint density at radius 1 is 1.12 bits per heavy atom. The smallest absolute Gasteiger partial charge is 0.303 e. The number of aliphatic carboxylic acids is 1. The highest BCUT2D eigenvalue weighted by Gasteiger charge is 2.35. The summed E-state index contributed by atoms with van der Waals surface area (Å²) >= 11 is 6.58. The van der Waals surface area contributed by atoms with Crippen LogP contribution in [0, 0.1) is 6.92 Å². The van der Waals surface area contributed by atoms with Gasteiger partial charge in [-0.25, -0.2) is 9.99 Å². The molecule has 168 valence electrons. The van der Waals surface area contributed by atoms with Crippen molar-refractivity contribution < 1.29 is 24.2 Å². The van der Waals surface area contributed by atoms with Crippen molar-refractivity contribution in [1.29, 1.82) is 0 Å². The lowest BCUT2D eigenvalue weighted by Gasteiger charge is -2.23. The second-order valence-electron chi connectivity index (χ2n) is 8.03. The fourth-order valence-corrected chi connectivity index (χ4v) is 4.29. The number of fused-ring (bicyclic) bond motifs is 2. The van der Waals surface area contributed by atoms with Crippen molar-refractivity contribution in [1.82, 2.24) is 9.99 Å². The first-order chi connectivity index (χ1) is 15.9. The molecule has 0 saturated heterocycles. The van der Waals surface area contributed by atoms with Gasteiger partial charge >= 0.3 is 5.97 Å². The van der Waals surface area contributed by atoms with E-state index in [4.69, 9.17) is 26.2 Å². The van der Waals surface area contributed by atoms with Crippen molar-refractivity contribution in [2.75, 3.05) is 6.79 Å². The Hall–Kier alpha value is -3.65. The van der Waals surface area contributed by atoms with E-state index < -0.39 is 12.0 Å². The lowest BCUT2D eigenvalue weighted by Crippen LogP contribution is -2.27. The average molecular weight is 466 g/mol. The van der Waals surface area contributed by atoms with Crippen LogP contribution in [0.15, 0.2) is 47.6 Å². The molecule has 0 bridgehead atoms. The minimum absolute atomic E-state index is 0.147. The maximum absolute atomic E-state index is 12.9. The largest absolute Gasteiger partial charge is 0.481 e. The summed E-state index contributed by atoms with van der Waals surface area (Å²) in [6, 6.07) is 12.8. The molecule has 2 aliphatic rings. The number of amides is 1. The molecule has 2 aromatic carbocycles. The van der Waals surface area contributed by atoms with Gasteiger partial charge in [0.15, 0.2) is 11.5 Å². The molecule has 2 aliphatic heterocycles. The third kappa shape index (κ3) is 4.09. The van der Waals surface area contributed by atoms with E-state index in [1.54, 1.807) is 6.07 Å². The summed E-state index contributed by atoms with van der Waals surface area (Å²) in [7, 11) is 0.